The van der Waals surface area contributed by atoms with E-state index in [-0.39, 0.29) is 12.5 Å². The van der Waals surface area contributed by atoms with Gasteiger partial charge < -0.3 is 23.8 Å². The van der Waals surface area contributed by atoms with E-state index in [1.54, 1.807) is 6.92 Å². The van der Waals surface area contributed by atoms with Gasteiger partial charge in [-0.1, -0.05) is 30.3 Å². The lowest BCUT2D eigenvalue weighted by Crippen LogP contribution is -2.54. The van der Waals surface area contributed by atoms with Crippen molar-refractivity contribution in [2.24, 2.45) is 0 Å². The van der Waals surface area contributed by atoms with Gasteiger partial charge >= 0.3 is 23.9 Å². The molecule has 0 radical (unpaired) electrons. The summed E-state index contributed by atoms with van der Waals surface area (Å²) in [6, 6.07) is 8.75. The smallest absolute Gasteiger partial charge is 0.303 e. The van der Waals surface area contributed by atoms with Gasteiger partial charge in [0, 0.05) is 34.6 Å². The largest absolute Gasteiger partial charge is 0.459 e. The highest BCUT2D eigenvalue weighted by Crippen LogP contribution is 2.25. The number of hydrogen-bond acceptors (Lipinski definition) is 9. The number of hydrogen-bond donors (Lipinski definition) is 0. The van der Waals surface area contributed by atoms with Crippen LogP contribution in [0.2, 0.25) is 0 Å². The summed E-state index contributed by atoms with van der Waals surface area (Å²) in [6.45, 7) is 9.02. The second kappa shape index (κ2) is 13.3. The van der Waals surface area contributed by atoms with Gasteiger partial charge in [-0.25, -0.2) is 0 Å². The molecule has 0 aliphatic carbocycles. The van der Waals surface area contributed by atoms with Crippen molar-refractivity contribution in [3.63, 3.8) is 0 Å². The number of esters is 4. The van der Waals surface area contributed by atoms with Crippen molar-refractivity contribution in [2.45, 2.75) is 78.9 Å². The molecule has 0 fully saturated rings. The fourth-order valence-corrected chi connectivity index (χ4v) is 3.58. The number of ether oxygens (including phenoxy) is 4. The molecule has 1 amide bonds. The van der Waals surface area contributed by atoms with Gasteiger partial charge in [-0.05, 0) is 19.4 Å². The maximum absolute atomic E-state index is 12.6. The van der Waals surface area contributed by atoms with E-state index < -0.39 is 54.3 Å². The summed E-state index contributed by atoms with van der Waals surface area (Å²) in [6.07, 6.45) is -4.97. The van der Waals surface area contributed by atoms with Crippen molar-refractivity contribution < 1.29 is 42.9 Å². The molecule has 1 rings (SSSR count). The summed E-state index contributed by atoms with van der Waals surface area (Å²) < 4.78 is 21.4. The number of amides is 1. The van der Waals surface area contributed by atoms with Gasteiger partial charge in [-0.2, -0.15) is 0 Å². The van der Waals surface area contributed by atoms with Crippen LogP contribution in [-0.2, 0) is 42.9 Å². The van der Waals surface area contributed by atoms with Crippen LogP contribution < -0.4 is 0 Å². The van der Waals surface area contributed by atoms with Gasteiger partial charge in [0.15, 0.2) is 18.3 Å². The van der Waals surface area contributed by atoms with E-state index in [4.69, 9.17) is 18.9 Å². The number of carbonyl (C=O) groups is 5. The van der Waals surface area contributed by atoms with Crippen molar-refractivity contribution in [3.8, 4) is 0 Å². The fourth-order valence-electron chi connectivity index (χ4n) is 3.58. The summed E-state index contributed by atoms with van der Waals surface area (Å²) in [5.74, 6) is -3.17. The first kappa shape index (κ1) is 28.6. The van der Waals surface area contributed by atoms with Gasteiger partial charge in [0.25, 0.3) is 0 Å². The molecule has 0 N–H and O–H groups in total. The third-order valence-corrected chi connectivity index (χ3v) is 4.96. The van der Waals surface area contributed by atoms with E-state index in [2.05, 4.69) is 0 Å². The predicted octanol–water partition coefficient (Wildman–Crippen LogP) is 2.34. The van der Waals surface area contributed by atoms with E-state index in [1.807, 2.05) is 30.3 Å². The molecule has 188 valence electrons. The molecule has 0 saturated carbocycles. The lowest BCUT2D eigenvalue weighted by molar-refractivity contribution is -0.198. The highest BCUT2D eigenvalue weighted by Gasteiger charge is 2.43. The molecule has 10 nitrogen and oxygen atoms in total. The molecule has 1 aromatic rings. The highest BCUT2D eigenvalue weighted by atomic mass is 16.6. The number of benzene rings is 1. The third kappa shape index (κ3) is 9.21. The Bertz CT molecular complexity index is 870. The summed E-state index contributed by atoms with van der Waals surface area (Å²) in [5, 5.41) is 0. The van der Waals surface area contributed by atoms with Gasteiger partial charge in [0.2, 0.25) is 5.91 Å². The lowest BCUT2D eigenvalue weighted by Gasteiger charge is -2.38. The van der Waals surface area contributed by atoms with Crippen LogP contribution in [-0.4, -0.2) is 65.6 Å². The van der Waals surface area contributed by atoms with E-state index in [0.717, 1.165) is 26.3 Å². The average Bonchev–Trinajstić information content (AvgIpc) is 2.72. The maximum Gasteiger partial charge on any atom is 0.303 e. The molecule has 1 aromatic carbocycles. The van der Waals surface area contributed by atoms with E-state index in [1.165, 1.54) is 25.7 Å². The topological polar surface area (TPSA) is 126 Å². The van der Waals surface area contributed by atoms with Crippen LogP contribution in [0.1, 0.15) is 60.1 Å². The van der Waals surface area contributed by atoms with Crippen molar-refractivity contribution >= 4 is 29.8 Å². The van der Waals surface area contributed by atoms with Gasteiger partial charge in [-0.3, -0.25) is 24.0 Å². The fraction of sp³-hybridized carbons (Fsp3) is 0.542. The quantitative estimate of drug-likeness (QED) is 0.347. The standard InChI is InChI=1S/C24H33NO9/c1-14(21-11-9-8-10-12-21)25(16(3)26)13-22(32-18(5)28)24(34-20(7)30)23(33-19(6)29)15(2)31-17(4)27/h8-12,14-15,22-24H,13H2,1-7H3/t14-,15-,22+,23+,24-/m0/s1. The number of nitrogens with zero attached hydrogens (tertiary/aromatic N) is 1. The van der Waals surface area contributed by atoms with Crippen molar-refractivity contribution in [2.75, 3.05) is 6.54 Å². The molecule has 10 heteroatoms. The Labute approximate surface area is 199 Å². The van der Waals surface area contributed by atoms with Crippen LogP contribution in [0, 0.1) is 0 Å². The first-order valence-electron chi connectivity index (χ1n) is 10.8. The molecule has 34 heavy (non-hydrogen) atoms. The van der Waals surface area contributed by atoms with Crippen LogP contribution in [0.4, 0.5) is 0 Å². The predicted molar refractivity (Wildman–Crippen MR) is 120 cm³/mol. The van der Waals surface area contributed by atoms with Crippen LogP contribution in [0.25, 0.3) is 0 Å². The summed E-state index contributed by atoms with van der Waals surface area (Å²) in [5.41, 5.74) is 0.827. The average molecular weight is 480 g/mol. The number of rotatable bonds is 11. The summed E-state index contributed by atoms with van der Waals surface area (Å²) in [4.78, 5) is 61.3. The zero-order chi connectivity index (χ0) is 26.0. The van der Waals surface area contributed by atoms with Gasteiger partial charge in [0.05, 0.1) is 12.6 Å². The highest BCUT2D eigenvalue weighted by molar-refractivity contribution is 5.74. The normalized spacial score (nSPS) is 15.0. The van der Waals surface area contributed by atoms with Crippen LogP contribution in [0.15, 0.2) is 30.3 Å². The molecule has 0 unspecified atom stereocenters. The second-order valence-electron chi connectivity index (χ2n) is 7.87. The molecule has 0 aliphatic rings. The first-order valence-corrected chi connectivity index (χ1v) is 10.8. The molecule has 0 bridgehead atoms. The minimum absolute atomic E-state index is 0.187. The van der Waals surface area contributed by atoms with Crippen molar-refractivity contribution in [1.29, 1.82) is 0 Å². The van der Waals surface area contributed by atoms with E-state index >= 15 is 0 Å². The molecular formula is C24H33NO9. The van der Waals surface area contributed by atoms with Crippen LogP contribution >= 0.6 is 0 Å². The molecule has 0 aliphatic heterocycles. The SMILES string of the molecule is CC(=O)O[C@H]([C@H](OC(C)=O)[C@H](C)OC(C)=O)[C@@H](CN(C(C)=O)[C@@H](C)c1ccccc1)OC(C)=O. The number of carbonyl (C=O) groups excluding carboxylic acids is 5. The monoisotopic (exact) mass is 479 g/mol. The Balaban J connectivity index is 3.46. The Morgan fingerprint density at radius 2 is 1.18 bits per heavy atom. The zero-order valence-corrected chi connectivity index (χ0v) is 20.6. The Hall–Kier alpha value is -3.43. The maximum atomic E-state index is 12.6. The molecular weight excluding hydrogens is 446 g/mol. The zero-order valence-electron chi connectivity index (χ0n) is 20.6. The Morgan fingerprint density at radius 3 is 1.62 bits per heavy atom. The molecule has 5 atom stereocenters. The summed E-state index contributed by atoms with van der Waals surface area (Å²) in [7, 11) is 0. The first-order chi connectivity index (χ1) is 15.8. The molecule has 0 spiro atoms. The van der Waals surface area contributed by atoms with Crippen molar-refractivity contribution in [3.05, 3.63) is 35.9 Å². The third-order valence-electron chi connectivity index (χ3n) is 4.96. The molecule has 0 aromatic heterocycles. The van der Waals surface area contributed by atoms with Crippen LogP contribution in [0.3, 0.4) is 0 Å². The van der Waals surface area contributed by atoms with Gasteiger partial charge in [0.1, 0.15) is 6.10 Å². The second-order valence-corrected chi connectivity index (χ2v) is 7.87. The minimum Gasteiger partial charge on any atom is -0.459 e. The lowest BCUT2D eigenvalue weighted by atomic mass is 10.0. The van der Waals surface area contributed by atoms with E-state index in [9.17, 15) is 24.0 Å². The summed E-state index contributed by atoms with van der Waals surface area (Å²) >= 11 is 0. The van der Waals surface area contributed by atoms with Crippen LogP contribution in [0.5, 0.6) is 0 Å². The van der Waals surface area contributed by atoms with Gasteiger partial charge in [-0.15, -0.1) is 0 Å². The molecule has 0 heterocycles. The minimum atomic E-state index is -1.37. The Kier molecular flexibility index (Phi) is 11.2. The molecule has 0 saturated heterocycles. The Morgan fingerprint density at radius 1 is 0.706 bits per heavy atom. The van der Waals surface area contributed by atoms with Crippen molar-refractivity contribution in [1.82, 2.24) is 4.90 Å². The van der Waals surface area contributed by atoms with E-state index in [0.29, 0.717) is 0 Å².